The van der Waals surface area contributed by atoms with Crippen molar-refractivity contribution in [1.82, 2.24) is 10.8 Å². The molecular weight excluding hydrogens is 2020 g/mol. The van der Waals surface area contributed by atoms with Gasteiger partial charge >= 0.3 is 7.82 Å². The molecule has 0 aromatic heterocycles. The van der Waals surface area contributed by atoms with Gasteiger partial charge in [0.05, 0.1) is 79.3 Å². The second kappa shape index (κ2) is 67.4. The molecule has 9 aliphatic heterocycles. The summed E-state index contributed by atoms with van der Waals surface area (Å²) in [6.45, 7) is -6.63. The highest BCUT2D eigenvalue weighted by molar-refractivity contribution is 7.47. The molecule has 1 amide bonds. The number of aliphatic hydroxyl groups is 28. The first-order valence-corrected chi connectivity index (χ1v) is 54.0. The molecule has 9 fully saturated rings. The largest absolute Gasteiger partial charge is 0.472 e. The molecule has 0 aromatic rings. The number of hydroxylamine groups is 1. The van der Waals surface area contributed by atoms with Crippen molar-refractivity contribution < 1.29 is 261 Å². The topological polar surface area (TPSA) is 848 Å². The van der Waals surface area contributed by atoms with Crippen LogP contribution in [-0.2, 0) is 113 Å². The Kier molecular flexibility index (Phi) is 58.8. The molecule has 9 rings (SSSR count). The van der Waals surface area contributed by atoms with E-state index in [4.69, 9.17) is 104 Å². The van der Waals surface area contributed by atoms with Crippen molar-refractivity contribution >= 4 is 13.7 Å². The Labute approximate surface area is 864 Å². The molecule has 9 heterocycles. The highest BCUT2D eigenvalue weighted by Gasteiger charge is 2.61. The van der Waals surface area contributed by atoms with E-state index in [-0.39, 0.29) is 19.8 Å². The number of phosphoric acid groups is 1. The molecule has 2 unspecified atom stereocenters. The van der Waals surface area contributed by atoms with Gasteiger partial charge in [-0.15, -0.1) is 0 Å². The zero-order valence-electron chi connectivity index (χ0n) is 84.4. The predicted octanol–water partition coefficient (Wildman–Crippen LogP) is -9.48. The summed E-state index contributed by atoms with van der Waals surface area (Å²) < 4.78 is 135. The highest BCUT2D eigenvalue weighted by atomic mass is 31.2. The molecule has 56 heteroatoms. The minimum Gasteiger partial charge on any atom is -0.394 e. The lowest BCUT2D eigenvalue weighted by molar-refractivity contribution is -0.409. The van der Waals surface area contributed by atoms with E-state index in [2.05, 4.69) is 24.6 Å². The van der Waals surface area contributed by atoms with Gasteiger partial charge in [0.15, 0.2) is 56.5 Å². The third-order valence-corrected chi connectivity index (χ3v) is 29.0. The average Bonchev–Trinajstić information content (AvgIpc) is 0.763. The Morgan fingerprint density at radius 1 is 0.282 bits per heavy atom. The zero-order chi connectivity index (χ0) is 109. The van der Waals surface area contributed by atoms with Crippen LogP contribution >= 0.6 is 7.82 Å². The van der Waals surface area contributed by atoms with Gasteiger partial charge in [-0.3, -0.25) is 18.7 Å². The maximum atomic E-state index is 13.2. The molecule has 0 radical (unpaired) electrons. The van der Waals surface area contributed by atoms with Crippen LogP contribution in [0.1, 0.15) is 194 Å². The molecule has 149 heavy (non-hydrogen) atoms. The van der Waals surface area contributed by atoms with E-state index in [9.17, 15) is 157 Å². The predicted molar refractivity (Wildman–Crippen MR) is 500 cm³/mol. The van der Waals surface area contributed by atoms with E-state index in [1.807, 2.05) is 0 Å². The van der Waals surface area contributed by atoms with Crippen molar-refractivity contribution in [2.24, 2.45) is 0 Å². The highest BCUT2D eigenvalue weighted by Crippen LogP contribution is 2.44. The maximum Gasteiger partial charge on any atom is 0.472 e. The average molecular weight is 2200 g/mol. The Bertz CT molecular complexity index is 3600. The fourth-order valence-electron chi connectivity index (χ4n) is 18.9. The summed E-state index contributed by atoms with van der Waals surface area (Å²) in [4.78, 5) is 29.0. The van der Waals surface area contributed by atoms with Crippen molar-refractivity contribution in [3.63, 3.8) is 0 Å². The maximum absolute atomic E-state index is 13.2. The molecule has 0 bridgehead atoms. The van der Waals surface area contributed by atoms with E-state index < -0.39 is 369 Å². The van der Waals surface area contributed by atoms with Crippen LogP contribution in [0, 0.1) is 0 Å². The molecule has 47 atom stereocenters. The summed E-state index contributed by atoms with van der Waals surface area (Å²) in [6.07, 6.45) is -64.4. The monoisotopic (exact) mass is 2200 g/mol. The normalized spacial score (nSPS) is 40.6. The molecule has 55 nitrogen and oxygen atoms in total. The van der Waals surface area contributed by atoms with Gasteiger partial charge in [0, 0.05) is 19.8 Å². The van der Waals surface area contributed by atoms with Crippen molar-refractivity contribution in [2.75, 3.05) is 106 Å². The standard InChI is InChI=1S/C93H171N2O53P/c1-3-5-7-9-11-13-15-17-19-21-23-25-27-29-32-127-42-47(128-33-30-28-26-24-22-20-18-16-14-12-10-8-6-4-2)43-133-149(125,126)132-34-31-94-57(103)46-131-95-85-72(118)70(116)79(53(40-101)134-85)143-90-76(122)71(117)80(54(41-102)140-90)144-91-78(124)82(146-92-84(69(115)62(108)51(38-99)138-92)148-93-83(68(114)61(107)52(39-100)139-93)147-89-75(121)67(113)60(106)50(37-98)137-89)64(110)56(142-91)45-130-87-77(123)81(145-88-74(120)66(112)59(105)49(36-97)136-88)63(109)55(141-87)44-129-86-73(119)65(111)58(104)48(35-96)135-86/h47-56,58-93,95-102,104-124H,3-46H2,1-2H3,(H,94,103)(H,125,126)/t47-,48-,49-,50-,51-,52-,53-,54-,55-,56-,58-,59-,60-,61-,62-,63-,64-,65+,66+,67+,68+,69+,70-,71-,72-,73+,74+,75+,76-,77+,78+,79-,80-,81+,82+,83+,84+,85?,86+,87+,88-,89-,90+,91+,92-,93-/m1/s1. The molecule has 0 aliphatic carbocycles. The van der Waals surface area contributed by atoms with Crippen LogP contribution in [-0.4, -0.2) is 542 Å². The van der Waals surface area contributed by atoms with Gasteiger partial charge in [-0.05, 0) is 12.8 Å². The summed E-state index contributed by atoms with van der Waals surface area (Å²) >= 11 is 0. The van der Waals surface area contributed by atoms with Gasteiger partial charge in [0.25, 0.3) is 0 Å². The first-order valence-electron chi connectivity index (χ1n) is 52.5. The van der Waals surface area contributed by atoms with Gasteiger partial charge in [-0.2, -0.15) is 5.48 Å². The summed E-state index contributed by atoms with van der Waals surface area (Å²) in [5.41, 5.74) is 2.23. The number of hydrogen-bond acceptors (Lipinski definition) is 53. The number of amides is 1. The summed E-state index contributed by atoms with van der Waals surface area (Å²) in [6, 6.07) is 0. The van der Waals surface area contributed by atoms with E-state index in [0.717, 1.165) is 51.4 Å². The third kappa shape index (κ3) is 38.1. The summed E-state index contributed by atoms with van der Waals surface area (Å²) in [5, 5.41) is 314. The number of carbonyl (C=O) groups is 1. The number of aliphatic hydroxyl groups excluding tert-OH is 28. The van der Waals surface area contributed by atoms with Crippen LogP contribution in [0.2, 0.25) is 0 Å². The Morgan fingerprint density at radius 3 is 1.00 bits per heavy atom. The van der Waals surface area contributed by atoms with Gasteiger partial charge in [0.1, 0.15) is 232 Å². The third-order valence-electron chi connectivity index (χ3n) is 28.1. The second-order valence-corrected chi connectivity index (χ2v) is 40.9. The quantitative estimate of drug-likeness (QED) is 0.0153. The molecule has 876 valence electrons. The smallest absolute Gasteiger partial charge is 0.394 e. The number of nitrogens with one attached hydrogen (secondary N) is 2. The molecule has 0 aromatic carbocycles. The van der Waals surface area contributed by atoms with Crippen molar-refractivity contribution in [2.45, 2.75) is 476 Å². The van der Waals surface area contributed by atoms with Crippen LogP contribution in [0.3, 0.4) is 0 Å². The molecule has 0 spiro atoms. The lowest BCUT2D eigenvalue weighted by Crippen LogP contribution is -2.69. The summed E-state index contributed by atoms with van der Waals surface area (Å²) in [7, 11) is -4.74. The molecule has 9 saturated heterocycles. The zero-order valence-corrected chi connectivity index (χ0v) is 85.3. The van der Waals surface area contributed by atoms with Gasteiger partial charge < -0.3 is 243 Å². The number of hydrogen-bond donors (Lipinski definition) is 31. The number of carbonyl (C=O) groups excluding carboxylic acids is 1. The lowest BCUT2D eigenvalue weighted by atomic mass is 9.95. The van der Waals surface area contributed by atoms with Crippen LogP contribution in [0.5, 0.6) is 0 Å². The molecule has 0 saturated carbocycles. The van der Waals surface area contributed by atoms with Gasteiger partial charge in [-0.25, -0.2) is 4.57 Å². The fourth-order valence-corrected chi connectivity index (χ4v) is 19.7. The Hall–Kier alpha value is -2.38. The summed E-state index contributed by atoms with van der Waals surface area (Å²) in [5.74, 6) is -0.863. The molecular formula is C93H171N2O53P. The van der Waals surface area contributed by atoms with E-state index in [0.29, 0.717) is 13.2 Å². The van der Waals surface area contributed by atoms with Gasteiger partial charge in [-0.1, -0.05) is 181 Å². The number of rotatable bonds is 69. The first-order chi connectivity index (χ1) is 71.5. The van der Waals surface area contributed by atoms with Crippen LogP contribution in [0.4, 0.5) is 0 Å². The second-order valence-electron chi connectivity index (χ2n) is 39.4. The number of phosphoric ester groups is 1. The molecule has 9 aliphatic rings. The Morgan fingerprint density at radius 2 is 0.577 bits per heavy atom. The van der Waals surface area contributed by atoms with E-state index in [1.165, 1.54) is 128 Å². The molecule has 31 N–H and O–H groups in total. The lowest BCUT2D eigenvalue weighted by Gasteiger charge is -2.50. The minimum absolute atomic E-state index is 0.106. The van der Waals surface area contributed by atoms with Crippen LogP contribution in [0.25, 0.3) is 0 Å². The number of unbranched alkanes of at least 4 members (excludes halogenated alkanes) is 26. The van der Waals surface area contributed by atoms with Crippen LogP contribution in [0.15, 0.2) is 0 Å². The van der Waals surface area contributed by atoms with Gasteiger partial charge in [0.2, 0.25) is 5.91 Å². The fraction of sp³-hybridized carbons (Fsp3) is 0.989. The SMILES string of the molecule is CCCCCCCCCCCCCCCCOC[C@H](COP(=O)(O)OCCNC(=O)CONC1O[C@H](CO)[C@@H](O[C@@H]2O[C@H](CO)[C@@H](O[C@@H]3O[C@H](CO[C@H]4O[C@H](CO[C@H]5O[C@H](CO)[C@@H](O)[C@H](O)[C@@H]5O)[C@@H](O)[C@H](O[C@H]5O[C@H](CO)[C@@H](O)[C@H](O)[C@@H]5O)[C@@H]4O)[C@@H](O)[C@H](O[C@H]4O[C@H](CO)[C@@H](O)[C@H](O)[C@@H]4O[C@H]4O[C@H](CO)[C@@H](O)[C@H](O)[C@@H]4O[C@H]4O[C@H](CO)[C@@H](O)[C@H](O)[C@@H]4O)[C@@H]3O)[C@H](O)[C@H]2O)[C@H](O)[C@H]1O)OCCCCCCCCCCCCCCCC. The van der Waals surface area contributed by atoms with Crippen molar-refractivity contribution in [3.05, 3.63) is 0 Å². The Balaban J connectivity index is 0.842. The number of ether oxygens (including phenoxy) is 19. The van der Waals surface area contributed by atoms with Crippen molar-refractivity contribution in [1.29, 1.82) is 0 Å². The first kappa shape index (κ1) is 130. The van der Waals surface area contributed by atoms with E-state index >= 15 is 0 Å². The van der Waals surface area contributed by atoms with E-state index in [1.54, 1.807) is 0 Å². The van der Waals surface area contributed by atoms with Crippen molar-refractivity contribution in [3.8, 4) is 0 Å². The van der Waals surface area contributed by atoms with Crippen LogP contribution < -0.4 is 10.8 Å². The minimum atomic E-state index is -4.74.